The lowest BCUT2D eigenvalue weighted by atomic mass is 10.1. The van der Waals surface area contributed by atoms with Gasteiger partial charge >= 0.3 is 0 Å². The number of benzene rings is 1. The first kappa shape index (κ1) is 13.9. The van der Waals surface area contributed by atoms with Crippen LogP contribution in [0.4, 0.5) is 0 Å². The molecule has 1 atom stereocenters. The second-order valence-electron chi connectivity index (χ2n) is 5.32. The molecule has 5 nitrogen and oxygen atoms in total. The highest BCUT2D eigenvalue weighted by Gasteiger charge is 2.22. The summed E-state index contributed by atoms with van der Waals surface area (Å²) in [6.45, 7) is 1.00. The number of hydrogen-bond acceptors (Lipinski definition) is 4. The zero-order chi connectivity index (χ0) is 15.1. The molecule has 3 aromatic rings. The van der Waals surface area contributed by atoms with Crippen LogP contribution in [0.1, 0.15) is 24.7 Å². The normalized spacial score (nSPS) is 18.2. The Hall–Kier alpha value is -1.69. The van der Waals surface area contributed by atoms with Gasteiger partial charge in [-0.05, 0) is 49.7 Å². The summed E-state index contributed by atoms with van der Waals surface area (Å²) in [4.78, 5) is 0. The summed E-state index contributed by atoms with van der Waals surface area (Å²) < 4.78 is 1.79. The van der Waals surface area contributed by atoms with Gasteiger partial charge in [0.15, 0.2) is 11.5 Å². The molecule has 2 aromatic heterocycles. The molecule has 0 radical (unpaired) electrons. The third kappa shape index (κ3) is 2.35. The minimum Gasteiger partial charge on any atom is -0.307 e. The zero-order valence-corrected chi connectivity index (χ0v) is 13.1. The van der Waals surface area contributed by atoms with Crippen LogP contribution in [0.2, 0.25) is 10.0 Å². The second-order valence-corrected chi connectivity index (χ2v) is 6.16. The first-order valence-electron chi connectivity index (χ1n) is 7.13. The summed E-state index contributed by atoms with van der Waals surface area (Å²) in [7, 11) is 0. The minimum atomic E-state index is 0.207. The van der Waals surface area contributed by atoms with Crippen molar-refractivity contribution in [3.05, 3.63) is 46.2 Å². The first-order valence-corrected chi connectivity index (χ1v) is 7.89. The van der Waals surface area contributed by atoms with E-state index in [1.807, 2.05) is 18.2 Å². The number of hydrogen-bond donors (Lipinski definition) is 1. The van der Waals surface area contributed by atoms with E-state index in [-0.39, 0.29) is 6.04 Å². The van der Waals surface area contributed by atoms with Crippen LogP contribution in [-0.2, 0) is 0 Å². The molecule has 3 heterocycles. The van der Waals surface area contributed by atoms with Crippen LogP contribution in [0, 0.1) is 0 Å². The van der Waals surface area contributed by atoms with Crippen LogP contribution in [-0.4, -0.2) is 26.4 Å². The maximum absolute atomic E-state index is 6.28. The monoisotopic (exact) mass is 333 g/mol. The molecule has 0 spiro atoms. The largest absolute Gasteiger partial charge is 0.307 e. The van der Waals surface area contributed by atoms with Gasteiger partial charge in [0.05, 0.1) is 16.8 Å². The predicted molar refractivity (Wildman–Crippen MR) is 86.2 cm³/mol. The van der Waals surface area contributed by atoms with E-state index in [4.69, 9.17) is 23.2 Å². The summed E-state index contributed by atoms with van der Waals surface area (Å²) in [5.74, 6) is 0.847. The van der Waals surface area contributed by atoms with E-state index in [0.717, 1.165) is 42.1 Å². The van der Waals surface area contributed by atoms with Crippen molar-refractivity contribution >= 4 is 28.8 Å². The van der Waals surface area contributed by atoms with Gasteiger partial charge in [0.25, 0.3) is 0 Å². The Morgan fingerprint density at radius 1 is 1.14 bits per heavy atom. The van der Waals surface area contributed by atoms with E-state index in [1.54, 1.807) is 16.6 Å². The smallest absolute Gasteiger partial charge is 0.178 e. The molecule has 1 fully saturated rings. The standard InChI is InChI=1S/C15H13Cl2N5/c16-9-3-4-10(11(17)8-9)12-5-6-14-19-20-15(22(14)21-12)13-2-1-7-18-13/h3-6,8,13,18H,1-2,7H2. The van der Waals surface area contributed by atoms with E-state index < -0.39 is 0 Å². The van der Waals surface area contributed by atoms with E-state index >= 15 is 0 Å². The predicted octanol–water partition coefficient (Wildman–Crippen LogP) is 3.52. The van der Waals surface area contributed by atoms with Crippen molar-refractivity contribution in [3.8, 4) is 11.3 Å². The fourth-order valence-corrected chi connectivity index (χ4v) is 3.27. The van der Waals surface area contributed by atoms with Crippen molar-refractivity contribution in [2.75, 3.05) is 6.54 Å². The fourth-order valence-electron chi connectivity index (χ4n) is 2.77. The average Bonchev–Trinajstić information content (AvgIpc) is 3.15. The summed E-state index contributed by atoms with van der Waals surface area (Å²) >= 11 is 12.2. The van der Waals surface area contributed by atoms with Gasteiger partial charge in [-0.1, -0.05) is 23.2 Å². The molecule has 112 valence electrons. The Balaban J connectivity index is 1.83. The molecule has 1 unspecified atom stereocenters. The molecule has 0 aliphatic carbocycles. The molecule has 0 saturated carbocycles. The SMILES string of the molecule is Clc1ccc(-c2ccc3nnc(C4CCCN4)n3n2)c(Cl)c1. The summed E-state index contributed by atoms with van der Waals surface area (Å²) in [5.41, 5.74) is 2.35. The third-order valence-electron chi connectivity index (χ3n) is 3.87. The maximum atomic E-state index is 6.28. The van der Waals surface area contributed by atoms with Crippen molar-refractivity contribution in [1.82, 2.24) is 25.1 Å². The fraction of sp³-hybridized carbons (Fsp3) is 0.267. The number of fused-ring (bicyclic) bond motifs is 1. The minimum absolute atomic E-state index is 0.207. The molecular weight excluding hydrogens is 321 g/mol. The van der Waals surface area contributed by atoms with Gasteiger partial charge in [0.1, 0.15) is 0 Å². The summed E-state index contributed by atoms with van der Waals surface area (Å²) in [6.07, 6.45) is 2.19. The van der Waals surface area contributed by atoms with Gasteiger partial charge in [-0.25, -0.2) is 0 Å². The van der Waals surface area contributed by atoms with Crippen LogP contribution in [0.15, 0.2) is 30.3 Å². The lowest BCUT2D eigenvalue weighted by Crippen LogP contribution is -2.16. The molecule has 1 N–H and O–H groups in total. The molecule has 7 heteroatoms. The maximum Gasteiger partial charge on any atom is 0.178 e. The summed E-state index contributed by atoms with van der Waals surface area (Å²) in [6, 6.07) is 9.40. The van der Waals surface area contributed by atoms with Gasteiger partial charge in [0.2, 0.25) is 0 Å². The Labute approximate surface area is 137 Å². The van der Waals surface area contributed by atoms with E-state index in [1.165, 1.54) is 0 Å². The zero-order valence-electron chi connectivity index (χ0n) is 11.6. The van der Waals surface area contributed by atoms with Crippen molar-refractivity contribution < 1.29 is 0 Å². The van der Waals surface area contributed by atoms with Crippen LogP contribution in [0.5, 0.6) is 0 Å². The Morgan fingerprint density at radius 2 is 2.05 bits per heavy atom. The molecule has 1 aliphatic rings. The first-order chi connectivity index (χ1) is 10.7. The number of aromatic nitrogens is 4. The van der Waals surface area contributed by atoms with Gasteiger partial charge in [-0.3, -0.25) is 0 Å². The number of halogens is 2. The lowest BCUT2D eigenvalue weighted by molar-refractivity contribution is 0.585. The average molecular weight is 334 g/mol. The van der Waals surface area contributed by atoms with E-state index in [2.05, 4.69) is 20.6 Å². The molecule has 1 aliphatic heterocycles. The van der Waals surface area contributed by atoms with Crippen LogP contribution in [0.3, 0.4) is 0 Å². The van der Waals surface area contributed by atoms with Crippen LogP contribution < -0.4 is 5.32 Å². The molecule has 0 amide bonds. The van der Waals surface area contributed by atoms with Crippen LogP contribution in [0.25, 0.3) is 16.9 Å². The molecule has 4 rings (SSSR count). The highest BCUT2D eigenvalue weighted by Crippen LogP contribution is 2.29. The van der Waals surface area contributed by atoms with E-state index in [9.17, 15) is 0 Å². The van der Waals surface area contributed by atoms with Gasteiger partial charge in [0, 0.05) is 10.6 Å². The highest BCUT2D eigenvalue weighted by molar-refractivity contribution is 6.36. The van der Waals surface area contributed by atoms with E-state index in [0.29, 0.717) is 10.0 Å². The van der Waals surface area contributed by atoms with Crippen molar-refractivity contribution in [2.45, 2.75) is 18.9 Å². The third-order valence-corrected chi connectivity index (χ3v) is 4.41. The van der Waals surface area contributed by atoms with Gasteiger partial charge in [-0.2, -0.15) is 9.61 Å². The second kappa shape index (κ2) is 5.50. The highest BCUT2D eigenvalue weighted by atomic mass is 35.5. The Kier molecular flexibility index (Phi) is 3.48. The number of nitrogens with zero attached hydrogens (tertiary/aromatic N) is 4. The summed E-state index contributed by atoms with van der Waals surface area (Å²) in [5, 5.41) is 17.7. The molecule has 0 bridgehead atoms. The number of nitrogens with one attached hydrogen (secondary N) is 1. The molecule has 1 saturated heterocycles. The Bertz CT molecular complexity index is 839. The van der Waals surface area contributed by atoms with Crippen molar-refractivity contribution in [1.29, 1.82) is 0 Å². The van der Waals surface area contributed by atoms with Gasteiger partial charge in [-0.15, -0.1) is 10.2 Å². The topological polar surface area (TPSA) is 55.1 Å². The molecular formula is C15H13Cl2N5. The van der Waals surface area contributed by atoms with Crippen LogP contribution >= 0.6 is 23.2 Å². The van der Waals surface area contributed by atoms with Crippen molar-refractivity contribution in [2.24, 2.45) is 0 Å². The number of rotatable bonds is 2. The quantitative estimate of drug-likeness (QED) is 0.779. The van der Waals surface area contributed by atoms with Gasteiger partial charge < -0.3 is 5.32 Å². The Morgan fingerprint density at radius 3 is 2.82 bits per heavy atom. The van der Waals surface area contributed by atoms with Crippen molar-refractivity contribution in [3.63, 3.8) is 0 Å². The molecule has 22 heavy (non-hydrogen) atoms. The lowest BCUT2D eigenvalue weighted by Gasteiger charge is -2.09. The molecule has 1 aromatic carbocycles.